The molecule has 1 fully saturated rings. The first-order chi connectivity index (χ1) is 7.56. The van der Waals surface area contributed by atoms with E-state index in [1.165, 1.54) is 19.3 Å². The van der Waals surface area contributed by atoms with Gasteiger partial charge in [0.1, 0.15) is 0 Å². The average Bonchev–Trinajstić information content (AvgIpc) is 2.15. The van der Waals surface area contributed by atoms with Crippen molar-refractivity contribution in [2.75, 3.05) is 13.1 Å². The molecule has 1 aliphatic rings. The second kappa shape index (κ2) is 6.24. The van der Waals surface area contributed by atoms with Crippen LogP contribution in [0.3, 0.4) is 0 Å². The Morgan fingerprint density at radius 3 is 2.62 bits per heavy atom. The summed E-state index contributed by atoms with van der Waals surface area (Å²) in [4.78, 5) is 11.5. The lowest BCUT2D eigenvalue weighted by Gasteiger charge is -2.38. The first kappa shape index (κ1) is 13.5. The van der Waals surface area contributed by atoms with Gasteiger partial charge < -0.3 is 10.6 Å². The fourth-order valence-electron chi connectivity index (χ4n) is 2.27. The molecule has 1 atom stereocenters. The Morgan fingerprint density at radius 2 is 2.12 bits per heavy atom. The number of carbonyl (C=O) groups excluding carboxylic acids is 1. The maximum atomic E-state index is 11.5. The fourth-order valence-corrected chi connectivity index (χ4v) is 2.27. The van der Waals surface area contributed by atoms with Gasteiger partial charge in [-0.15, -0.1) is 0 Å². The van der Waals surface area contributed by atoms with Crippen molar-refractivity contribution in [3.63, 3.8) is 0 Å². The molecule has 16 heavy (non-hydrogen) atoms. The molecule has 0 aliphatic heterocycles. The molecule has 0 bridgehead atoms. The molecule has 1 aliphatic carbocycles. The molecule has 94 valence electrons. The van der Waals surface area contributed by atoms with Crippen LogP contribution in [0.5, 0.6) is 0 Å². The molecule has 0 spiro atoms. The van der Waals surface area contributed by atoms with E-state index < -0.39 is 0 Å². The Kier molecular flexibility index (Phi) is 5.26. The minimum atomic E-state index is 0.129. The zero-order valence-electron chi connectivity index (χ0n) is 10.9. The Bertz CT molecular complexity index is 224. The highest BCUT2D eigenvalue weighted by molar-refractivity contribution is 5.78. The predicted molar refractivity (Wildman–Crippen MR) is 67.3 cm³/mol. The molecular formula is C13H26N2O. The summed E-state index contributed by atoms with van der Waals surface area (Å²) in [5, 5.41) is 6.26. The van der Waals surface area contributed by atoms with Gasteiger partial charge in [-0.2, -0.15) is 0 Å². The first-order valence-corrected chi connectivity index (χ1v) is 6.56. The summed E-state index contributed by atoms with van der Waals surface area (Å²) in [7, 11) is 0. The van der Waals surface area contributed by atoms with Gasteiger partial charge in [0, 0.05) is 12.6 Å². The summed E-state index contributed by atoms with van der Waals surface area (Å²) < 4.78 is 0. The molecule has 0 aromatic rings. The van der Waals surface area contributed by atoms with E-state index in [0.717, 1.165) is 19.4 Å². The van der Waals surface area contributed by atoms with Crippen LogP contribution in [0.15, 0.2) is 0 Å². The maximum absolute atomic E-state index is 11.5. The normalized spacial score (nSPS) is 19.9. The van der Waals surface area contributed by atoms with Crippen LogP contribution in [0.4, 0.5) is 0 Å². The number of carbonyl (C=O) groups is 1. The molecule has 0 saturated heterocycles. The van der Waals surface area contributed by atoms with Gasteiger partial charge in [-0.3, -0.25) is 4.79 Å². The van der Waals surface area contributed by atoms with E-state index in [2.05, 4.69) is 31.4 Å². The van der Waals surface area contributed by atoms with E-state index in [4.69, 9.17) is 0 Å². The maximum Gasteiger partial charge on any atom is 0.234 e. The molecule has 0 aromatic carbocycles. The van der Waals surface area contributed by atoms with Crippen molar-refractivity contribution in [1.82, 2.24) is 10.6 Å². The van der Waals surface area contributed by atoms with Crippen LogP contribution in [0.2, 0.25) is 0 Å². The second-order valence-electron chi connectivity index (χ2n) is 5.53. The largest absolute Gasteiger partial charge is 0.353 e. The van der Waals surface area contributed by atoms with Crippen molar-refractivity contribution in [3.8, 4) is 0 Å². The van der Waals surface area contributed by atoms with Crippen LogP contribution < -0.4 is 10.6 Å². The second-order valence-corrected chi connectivity index (χ2v) is 5.53. The lowest BCUT2D eigenvalue weighted by Crippen LogP contribution is -2.43. The Morgan fingerprint density at radius 1 is 1.44 bits per heavy atom. The minimum Gasteiger partial charge on any atom is -0.353 e. The molecular weight excluding hydrogens is 200 g/mol. The molecule has 0 radical (unpaired) electrons. The summed E-state index contributed by atoms with van der Waals surface area (Å²) in [6, 6.07) is 0.304. The van der Waals surface area contributed by atoms with E-state index in [9.17, 15) is 4.79 Å². The zero-order chi connectivity index (χ0) is 12.0. The van der Waals surface area contributed by atoms with Crippen LogP contribution in [0.25, 0.3) is 0 Å². The van der Waals surface area contributed by atoms with Crippen LogP contribution in [-0.2, 0) is 4.79 Å². The van der Waals surface area contributed by atoms with Crippen molar-refractivity contribution in [2.45, 2.75) is 58.9 Å². The van der Waals surface area contributed by atoms with Crippen LogP contribution in [0.1, 0.15) is 52.9 Å². The summed E-state index contributed by atoms with van der Waals surface area (Å²) in [6.45, 7) is 7.93. The van der Waals surface area contributed by atoms with E-state index in [1.807, 2.05) is 0 Å². The van der Waals surface area contributed by atoms with Gasteiger partial charge in [0.15, 0.2) is 0 Å². The lowest BCUT2D eigenvalue weighted by molar-refractivity contribution is -0.121. The van der Waals surface area contributed by atoms with Crippen LogP contribution in [-0.4, -0.2) is 25.0 Å². The van der Waals surface area contributed by atoms with Gasteiger partial charge in [0.2, 0.25) is 5.91 Å². The van der Waals surface area contributed by atoms with Gasteiger partial charge in [-0.05, 0) is 31.6 Å². The van der Waals surface area contributed by atoms with E-state index in [1.54, 1.807) is 0 Å². The molecule has 1 rings (SSSR count). The van der Waals surface area contributed by atoms with E-state index in [0.29, 0.717) is 18.0 Å². The molecule has 1 unspecified atom stereocenters. The van der Waals surface area contributed by atoms with Crippen molar-refractivity contribution >= 4 is 5.91 Å². The third-order valence-electron chi connectivity index (χ3n) is 3.53. The van der Waals surface area contributed by atoms with Crippen LogP contribution in [0, 0.1) is 5.41 Å². The van der Waals surface area contributed by atoms with E-state index in [-0.39, 0.29) is 5.91 Å². The van der Waals surface area contributed by atoms with Gasteiger partial charge in [0.25, 0.3) is 0 Å². The monoisotopic (exact) mass is 226 g/mol. The minimum absolute atomic E-state index is 0.129. The zero-order valence-corrected chi connectivity index (χ0v) is 10.9. The van der Waals surface area contributed by atoms with Crippen molar-refractivity contribution in [2.24, 2.45) is 5.41 Å². The van der Waals surface area contributed by atoms with Gasteiger partial charge >= 0.3 is 0 Å². The Balaban J connectivity index is 2.05. The topological polar surface area (TPSA) is 41.1 Å². The fraction of sp³-hybridized carbons (Fsp3) is 0.923. The number of rotatable bonds is 7. The molecule has 3 heteroatoms. The number of hydrogen-bond donors (Lipinski definition) is 2. The standard InChI is InChI=1S/C13H26N2O/c1-4-6-11(2)15-12(16)9-14-10-13(3)7-5-8-13/h11,14H,4-10H2,1-3H3,(H,15,16). The first-order valence-electron chi connectivity index (χ1n) is 6.56. The van der Waals surface area contributed by atoms with Crippen molar-refractivity contribution in [3.05, 3.63) is 0 Å². The van der Waals surface area contributed by atoms with Gasteiger partial charge in [-0.25, -0.2) is 0 Å². The highest BCUT2D eigenvalue weighted by Gasteiger charge is 2.31. The van der Waals surface area contributed by atoms with Crippen molar-refractivity contribution < 1.29 is 4.79 Å². The van der Waals surface area contributed by atoms with Gasteiger partial charge in [0.05, 0.1) is 6.54 Å². The molecule has 2 N–H and O–H groups in total. The average molecular weight is 226 g/mol. The third kappa shape index (κ3) is 4.52. The smallest absolute Gasteiger partial charge is 0.234 e. The summed E-state index contributed by atoms with van der Waals surface area (Å²) >= 11 is 0. The molecule has 1 saturated carbocycles. The van der Waals surface area contributed by atoms with Gasteiger partial charge in [-0.1, -0.05) is 26.7 Å². The number of hydrogen-bond acceptors (Lipinski definition) is 2. The molecule has 3 nitrogen and oxygen atoms in total. The highest BCUT2D eigenvalue weighted by Crippen LogP contribution is 2.39. The highest BCUT2D eigenvalue weighted by atomic mass is 16.1. The van der Waals surface area contributed by atoms with Crippen molar-refractivity contribution in [1.29, 1.82) is 0 Å². The molecule has 0 heterocycles. The number of amides is 1. The third-order valence-corrected chi connectivity index (χ3v) is 3.53. The summed E-state index contributed by atoms with van der Waals surface area (Å²) in [5.41, 5.74) is 0.454. The predicted octanol–water partition coefficient (Wildman–Crippen LogP) is 2.07. The Hall–Kier alpha value is -0.570. The SMILES string of the molecule is CCCC(C)NC(=O)CNCC1(C)CCC1. The Labute approximate surface area is 99.4 Å². The quantitative estimate of drug-likeness (QED) is 0.698. The van der Waals surface area contributed by atoms with E-state index >= 15 is 0 Å². The molecule has 1 amide bonds. The molecule has 0 aromatic heterocycles. The lowest BCUT2D eigenvalue weighted by atomic mass is 9.70. The number of nitrogens with one attached hydrogen (secondary N) is 2. The summed E-state index contributed by atoms with van der Waals surface area (Å²) in [5.74, 6) is 0.129. The summed E-state index contributed by atoms with van der Waals surface area (Å²) in [6.07, 6.45) is 6.12. The van der Waals surface area contributed by atoms with Crippen LogP contribution >= 0.6 is 0 Å².